The van der Waals surface area contributed by atoms with Crippen molar-refractivity contribution in [2.45, 2.75) is 310 Å². The number of ether oxygens (including phenoxy) is 5. The lowest BCUT2D eigenvalue weighted by atomic mass is 9.71. The molecule has 0 radical (unpaired) electrons. The fraction of sp³-hybridized carbons (Fsp3) is 0.716. The minimum atomic E-state index is -0.577. The summed E-state index contributed by atoms with van der Waals surface area (Å²) in [6.45, 7) is 54.6. The molecule has 6 fully saturated rings. The Kier molecular flexibility index (Phi) is 41.8. The number of rotatable bonds is 8. The van der Waals surface area contributed by atoms with E-state index in [-0.39, 0.29) is 23.2 Å². The lowest BCUT2D eigenvalue weighted by Crippen LogP contribution is -2.32. The van der Waals surface area contributed by atoms with Crippen molar-refractivity contribution < 1.29 is 32.9 Å². The van der Waals surface area contributed by atoms with Crippen molar-refractivity contribution in [3.8, 4) is 5.75 Å². The molecule has 0 bridgehead atoms. The molecule has 4 aromatic carbocycles. The van der Waals surface area contributed by atoms with Crippen LogP contribution in [0.3, 0.4) is 0 Å². The smallest absolute Gasteiger partial charge is 0.222 e. The molecule has 1 amide bonds. The summed E-state index contributed by atoms with van der Waals surface area (Å²) in [5, 5.41) is 2.86. The molecule has 0 aromatic heterocycles. The summed E-state index contributed by atoms with van der Waals surface area (Å²) < 4.78 is 40.0. The Balaban J connectivity index is 0.000000369. The van der Waals surface area contributed by atoms with E-state index in [2.05, 4.69) is 192 Å². The lowest BCUT2D eigenvalue weighted by molar-refractivity contribution is -0.149. The predicted octanol–water partition coefficient (Wildman–Crippen LogP) is 25.0. The second-order valence-corrected chi connectivity index (χ2v) is 33.2. The van der Waals surface area contributed by atoms with Gasteiger partial charge in [0, 0.05) is 31.7 Å². The maximum Gasteiger partial charge on any atom is 0.222 e. The van der Waals surface area contributed by atoms with Crippen LogP contribution in [0.2, 0.25) is 0 Å². The van der Waals surface area contributed by atoms with Gasteiger partial charge in [0.25, 0.3) is 0 Å². The number of benzene rings is 4. The number of nitrogens with one attached hydrogen (secondary N) is 1. The minimum absolute atomic E-state index is 0.0816. The largest absolute Gasteiger partial charge is 0.497 e. The minimum Gasteiger partial charge on any atom is -0.497 e. The monoisotopic (exact) mass is 1330 g/mol. The van der Waals surface area contributed by atoms with E-state index in [1.807, 2.05) is 64.3 Å². The predicted molar refractivity (Wildman–Crippen MR) is 411 cm³/mol. The van der Waals surface area contributed by atoms with Crippen LogP contribution in [0.5, 0.6) is 5.75 Å². The Morgan fingerprint density at radius 2 is 1.20 bits per heavy atom. The highest BCUT2D eigenvalue weighted by Crippen LogP contribution is 2.39. The van der Waals surface area contributed by atoms with Crippen LogP contribution in [0.4, 0.5) is 4.39 Å². The van der Waals surface area contributed by atoms with Gasteiger partial charge in [0.15, 0.2) is 5.79 Å². The van der Waals surface area contributed by atoms with E-state index in [1.54, 1.807) is 13.2 Å². The van der Waals surface area contributed by atoms with Crippen LogP contribution in [0.15, 0.2) is 97.1 Å². The number of carbonyl (C=O) groups excluding carboxylic acids is 1. The van der Waals surface area contributed by atoms with Crippen LogP contribution in [0, 0.1) is 78.3 Å². The maximum atomic E-state index is 13.0. The van der Waals surface area contributed by atoms with Crippen LogP contribution >= 0.6 is 0 Å². The molecule has 4 aromatic rings. The van der Waals surface area contributed by atoms with Crippen molar-refractivity contribution in [2.75, 3.05) is 40.6 Å². The second kappa shape index (κ2) is 45.6. The number of hydrogen-bond donors (Lipinski definition) is 1. The normalized spacial score (nSPS) is 23.4. The topological polar surface area (TPSA) is 75.3 Å². The van der Waals surface area contributed by atoms with Gasteiger partial charge in [-0.1, -0.05) is 229 Å². The lowest BCUT2D eigenvalue weighted by Gasteiger charge is -2.35. The van der Waals surface area contributed by atoms with Crippen LogP contribution in [0.1, 0.15) is 306 Å². The van der Waals surface area contributed by atoms with E-state index >= 15 is 0 Å². The second-order valence-electron chi connectivity index (χ2n) is 33.2. The summed E-state index contributed by atoms with van der Waals surface area (Å²) in [5.41, 5.74) is 8.50. The third kappa shape index (κ3) is 35.3. The van der Waals surface area contributed by atoms with Crippen molar-refractivity contribution >= 4 is 5.91 Å². The van der Waals surface area contributed by atoms with E-state index in [1.165, 1.54) is 125 Å². The first kappa shape index (κ1) is 88.0. The first-order valence-corrected chi connectivity index (χ1v) is 38.3. The summed E-state index contributed by atoms with van der Waals surface area (Å²) in [6, 6.07) is 31.9. The molecule has 3 saturated heterocycles. The summed E-state index contributed by atoms with van der Waals surface area (Å²) in [5.74, 6) is 9.18. The standard InChI is InChI=1S/C11H14O3.C11H22.C11H16.C10H13F.C10H20O.C10H20.C10H14.C8H16O.C7H13NO/c1-11(13-7-8-14-11)9-3-5-10(12-2)6-4-9;2*1-8(2)11-6-5-9(3)7-10(11)4;1-3-8(2)9-6-4-5-7-10(9)11;1-8(2)9-4-6-10(11-3)7-5-9;2*1-10(2,3)9-7-5-4-6-8-9;1-7-4-5-9-8(2,3)6-7;1-6-4-2-3-5-8-7(6)9/h3-6H,7-8H2,1-2H3;8-11H,5-7H2,1-4H3;5-8H,1-4H3;4-8H,3H2,1-2H3;8-10H,4-7H2,1-3H3;9H,4-8H2,1-3H3;4-8H,1-3H3;7H,4-6H2,1-3H3;6H,2-5H2,1H3,(H,8,9)/t;9-,10?,11+;;;;;;;/m.1......./s1. The van der Waals surface area contributed by atoms with Crippen molar-refractivity contribution in [3.05, 3.63) is 136 Å². The Labute approximate surface area is 591 Å². The first-order valence-electron chi connectivity index (χ1n) is 38.3. The number of carbonyl (C=O) groups is 1. The average molecular weight is 1340 g/mol. The maximum absolute atomic E-state index is 13.0. The van der Waals surface area contributed by atoms with Crippen molar-refractivity contribution in [1.29, 1.82) is 0 Å². The number of hydrogen-bond acceptors (Lipinski definition) is 6. The number of aryl methyl sites for hydroxylation is 2. The van der Waals surface area contributed by atoms with Gasteiger partial charge in [0.2, 0.25) is 5.91 Å². The SMILES string of the molecule is CC(C)(C)C1CCCCC1.CC(C)(C)c1ccccc1.CC(C)[C@@H]1CC[C@@H](C)CC1C.CC1CCCCNC1=O.CC1CCOC(C)(C)C1.CCC(C)c1ccccc1F.COC1CCC(C(C)C)CC1.COc1ccc(C2(C)OCCO2)cc1.Cc1ccc(C(C)C)c(C)c1. The summed E-state index contributed by atoms with van der Waals surface area (Å²) in [6.07, 6.45) is 24.5. The fourth-order valence-corrected chi connectivity index (χ4v) is 14.3. The van der Waals surface area contributed by atoms with Gasteiger partial charge in [-0.2, -0.15) is 0 Å². The molecule has 10 rings (SSSR count). The fourth-order valence-electron chi connectivity index (χ4n) is 14.3. The van der Waals surface area contributed by atoms with Crippen LogP contribution in [-0.4, -0.2) is 58.2 Å². The molecule has 3 aliphatic heterocycles. The number of halogens is 1. The van der Waals surface area contributed by atoms with Crippen molar-refractivity contribution in [3.63, 3.8) is 0 Å². The highest BCUT2D eigenvalue weighted by atomic mass is 19.1. The molecule has 3 heterocycles. The van der Waals surface area contributed by atoms with E-state index in [9.17, 15) is 9.18 Å². The molecular formula is C88H148FNO6. The third-order valence-electron chi connectivity index (χ3n) is 21.1. The molecule has 3 aliphatic carbocycles. The van der Waals surface area contributed by atoms with Crippen LogP contribution in [0.25, 0.3) is 0 Å². The quantitative estimate of drug-likeness (QED) is 0.189. The average Bonchev–Trinajstić information content (AvgIpc) is 1.65. The van der Waals surface area contributed by atoms with E-state index in [0.717, 1.165) is 96.6 Å². The molecular weight excluding hydrogens is 1190 g/mol. The first-order chi connectivity index (χ1) is 45.1. The van der Waals surface area contributed by atoms with E-state index < -0.39 is 5.79 Å². The third-order valence-corrected chi connectivity index (χ3v) is 21.1. The number of methoxy groups -OCH3 is 2. The Hall–Kier alpha value is -4.08. The van der Waals surface area contributed by atoms with Gasteiger partial charge in [0.1, 0.15) is 11.6 Å². The molecule has 4 unspecified atom stereocenters. The summed E-state index contributed by atoms with van der Waals surface area (Å²) >= 11 is 0. The van der Waals surface area contributed by atoms with E-state index in [4.69, 9.17) is 23.7 Å². The molecule has 7 nitrogen and oxygen atoms in total. The zero-order chi connectivity index (χ0) is 72.2. The zero-order valence-corrected chi connectivity index (χ0v) is 66.5. The highest BCUT2D eigenvalue weighted by Gasteiger charge is 2.33. The van der Waals surface area contributed by atoms with Crippen molar-refractivity contribution in [1.82, 2.24) is 5.32 Å². The van der Waals surface area contributed by atoms with Gasteiger partial charge in [0.05, 0.1) is 32.0 Å². The molecule has 96 heavy (non-hydrogen) atoms. The van der Waals surface area contributed by atoms with Gasteiger partial charge in [-0.3, -0.25) is 4.79 Å². The van der Waals surface area contributed by atoms with Gasteiger partial charge in [-0.25, -0.2) is 4.39 Å². The highest BCUT2D eigenvalue weighted by molar-refractivity contribution is 5.78. The Bertz CT molecular complexity index is 2610. The van der Waals surface area contributed by atoms with Crippen LogP contribution < -0.4 is 10.1 Å². The van der Waals surface area contributed by atoms with E-state index in [0.29, 0.717) is 42.0 Å². The molecule has 548 valence electrons. The van der Waals surface area contributed by atoms with Gasteiger partial charge < -0.3 is 29.0 Å². The molecule has 6 atom stereocenters. The summed E-state index contributed by atoms with van der Waals surface area (Å²) in [7, 11) is 3.49. The Morgan fingerprint density at radius 1 is 0.615 bits per heavy atom. The molecule has 0 spiro atoms. The van der Waals surface area contributed by atoms with Gasteiger partial charge in [-0.15, -0.1) is 0 Å². The van der Waals surface area contributed by atoms with Gasteiger partial charge in [-0.05, 0) is 241 Å². The van der Waals surface area contributed by atoms with Gasteiger partial charge >= 0.3 is 0 Å². The summed E-state index contributed by atoms with van der Waals surface area (Å²) in [4.78, 5) is 10.9. The number of amides is 1. The van der Waals surface area contributed by atoms with Crippen LogP contribution in [-0.2, 0) is 34.9 Å². The molecule has 1 N–H and O–H groups in total. The zero-order valence-electron chi connectivity index (χ0n) is 66.5. The van der Waals surface area contributed by atoms with Crippen molar-refractivity contribution in [2.24, 2.45) is 58.7 Å². The Morgan fingerprint density at radius 3 is 1.65 bits per heavy atom. The molecule has 3 saturated carbocycles. The molecule has 6 aliphatic rings. The molecule has 8 heteroatoms.